The summed E-state index contributed by atoms with van der Waals surface area (Å²) in [6, 6.07) is 12.3. The van der Waals surface area contributed by atoms with E-state index in [9.17, 15) is 24.6 Å². The topological polar surface area (TPSA) is 117 Å². The summed E-state index contributed by atoms with van der Waals surface area (Å²) in [7, 11) is 0. The van der Waals surface area contributed by atoms with Crippen molar-refractivity contribution >= 4 is 44.9 Å². The largest absolute Gasteiger partial charge is 0.506 e. The van der Waals surface area contributed by atoms with Crippen LogP contribution in [0.3, 0.4) is 0 Å². The van der Waals surface area contributed by atoms with Crippen LogP contribution in [-0.2, 0) is 16.1 Å². The number of carboxylic acids is 1. The highest BCUT2D eigenvalue weighted by Crippen LogP contribution is 2.40. The van der Waals surface area contributed by atoms with Crippen molar-refractivity contribution in [3.05, 3.63) is 58.1 Å². The predicted molar refractivity (Wildman–Crippen MR) is 146 cm³/mol. The average molecular weight is 586 g/mol. The van der Waals surface area contributed by atoms with Gasteiger partial charge < -0.3 is 24.3 Å². The van der Waals surface area contributed by atoms with Gasteiger partial charge in [0.25, 0.3) is 0 Å². The van der Waals surface area contributed by atoms with E-state index in [1.165, 1.54) is 6.07 Å². The number of rotatable bonds is 11. The summed E-state index contributed by atoms with van der Waals surface area (Å²) in [5.74, 6) is -0.654. The number of aromatic carboxylic acids is 1. The number of fused-ring (bicyclic) bond motifs is 1. The second kappa shape index (κ2) is 12.0. The van der Waals surface area contributed by atoms with Crippen LogP contribution >= 0.6 is 15.9 Å². The molecular formula is C29H32BrNO7. The lowest BCUT2D eigenvalue weighted by Crippen LogP contribution is -2.46. The van der Waals surface area contributed by atoms with Crippen LogP contribution < -0.4 is 0 Å². The molecule has 3 aromatic rings. The molecule has 4 rings (SSSR count). The second-order valence-electron chi connectivity index (χ2n) is 9.89. The molecule has 1 amide bonds. The number of nitrogens with zero attached hydrogens (tertiary/aromatic N) is 1. The Bertz CT molecular complexity index is 1330. The molecule has 1 aliphatic rings. The van der Waals surface area contributed by atoms with E-state index in [0.717, 1.165) is 43.1 Å². The Morgan fingerprint density at radius 1 is 1.08 bits per heavy atom. The van der Waals surface area contributed by atoms with Crippen molar-refractivity contribution in [3.8, 4) is 11.3 Å². The molecule has 8 nitrogen and oxygen atoms in total. The molecule has 2 N–H and O–H groups in total. The molecule has 38 heavy (non-hydrogen) atoms. The Labute approximate surface area is 229 Å². The quantitative estimate of drug-likeness (QED) is 0.177. The zero-order valence-electron chi connectivity index (χ0n) is 21.4. The summed E-state index contributed by atoms with van der Waals surface area (Å²) >= 11 is 3.60. The van der Waals surface area contributed by atoms with E-state index in [1.54, 1.807) is 29.2 Å². The van der Waals surface area contributed by atoms with Gasteiger partial charge in [-0.05, 0) is 71.8 Å². The van der Waals surface area contributed by atoms with Crippen LogP contribution in [0.2, 0.25) is 0 Å². The highest BCUT2D eigenvalue weighted by atomic mass is 79.9. The molecule has 2 aromatic carbocycles. The first kappa shape index (κ1) is 27.7. The van der Waals surface area contributed by atoms with Crippen LogP contribution in [0.1, 0.15) is 74.2 Å². The van der Waals surface area contributed by atoms with E-state index < -0.39 is 17.7 Å². The van der Waals surface area contributed by atoms with E-state index in [4.69, 9.17) is 9.15 Å². The first-order valence-electron chi connectivity index (χ1n) is 13.0. The Morgan fingerprint density at radius 2 is 1.82 bits per heavy atom. The molecular weight excluding hydrogens is 554 g/mol. The zero-order chi connectivity index (χ0) is 27.3. The molecule has 0 unspecified atom stereocenters. The molecule has 0 atom stereocenters. The van der Waals surface area contributed by atoms with Gasteiger partial charge >= 0.3 is 12.1 Å². The van der Waals surface area contributed by atoms with Gasteiger partial charge in [-0.15, -0.1) is 0 Å². The van der Waals surface area contributed by atoms with Gasteiger partial charge in [0.15, 0.2) is 0 Å². The number of carboxylic acid groups (broad SMARTS) is 2. The number of carbonyl (C=O) groups excluding carboxylic acids is 1. The van der Waals surface area contributed by atoms with Gasteiger partial charge in [0.1, 0.15) is 16.9 Å². The first-order valence-corrected chi connectivity index (χ1v) is 13.8. The fourth-order valence-corrected chi connectivity index (χ4v) is 5.84. The van der Waals surface area contributed by atoms with Crippen molar-refractivity contribution in [1.29, 1.82) is 0 Å². The summed E-state index contributed by atoms with van der Waals surface area (Å²) in [4.78, 5) is 38.2. The maximum atomic E-state index is 13.3. The summed E-state index contributed by atoms with van der Waals surface area (Å²) in [6.45, 7) is 2.59. The van der Waals surface area contributed by atoms with E-state index in [1.807, 2.05) is 12.1 Å². The number of carbonyl (C=O) groups is 3. The molecule has 1 fully saturated rings. The number of amides is 1. The van der Waals surface area contributed by atoms with Crippen LogP contribution in [0.25, 0.3) is 22.3 Å². The molecule has 9 heteroatoms. The third-order valence-corrected chi connectivity index (χ3v) is 7.90. The minimum absolute atomic E-state index is 0.0267. The number of hydrogen-bond acceptors (Lipinski definition) is 5. The maximum absolute atomic E-state index is 13.3. The van der Waals surface area contributed by atoms with Gasteiger partial charge in [-0.3, -0.25) is 4.79 Å². The van der Waals surface area contributed by atoms with Gasteiger partial charge in [-0.2, -0.15) is 0 Å². The fraction of sp³-hybridized carbons (Fsp3) is 0.414. The summed E-state index contributed by atoms with van der Waals surface area (Å²) < 4.78 is 12.0. The van der Waals surface area contributed by atoms with Crippen molar-refractivity contribution < 1.29 is 33.8 Å². The van der Waals surface area contributed by atoms with E-state index in [0.29, 0.717) is 47.2 Å². The van der Waals surface area contributed by atoms with Crippen molar-refractivity contribution in [3.63, 3.8) is 0 Å². The minimum atomic E-state index is -1.32. The molecule has 0 aliphatic heterocycles. The monoisotopic (exact) mass is 585 g/mol. The molecule has 1 heterocycles. The molecule has 1 aliphatic carbocycles. The number of halogens is 1. The van der Waals surface area contributed by atoms with Crippen LogP contribution in [0.15, 0.2) is 51.4 Å². The van der Waals surface area contributed by atoms with Crippen molar-refractivity contribution in [1.82, 2.24) is 4.90 Å². The summed E-state index contributed by atoms with van der Waals surface area (Å²) in [6.07, 6.45) is 4.71. The lowest BCUT2D eigenvalue weighted by atomic mass is 10.00. The van der Waals surface area contributed by atoms with Gasteiger partial charge in [0.05, 0.1) is 16.6 Å². The van der Waals surface area contributed by atoms with Crippen molar-refractivity contribution in [2.24, 2.45) is 0 Å². The highest BCUT2D eigenvalue weighted by Gasteiger charge is 2.40. The fourth-order valence-electron chi connectivity index (χ4n) is 5.24. The molecule has 0 spiro atoms. The lowest BCUT2D eigenvalue weighted by Gasteiger charge is -2.34. The van der Waals surface area contributed by atoms with Crippen molar-refractivity contribution in [2.45, 2.75) is 70.4 Å². The summed E-state index contributed by atoms with van der Waals surface area (Å²) in [5.41, 5.74) is 1.14. The van der Waals surface area contributed by atoms with Gasteiger partial charge in [0, 0.05) is 23.9 Å². The number of furan rings is 1. The summed E-state index contributed by atoms with van der Waals surface area (Å²) in [5, 5.41) is 19.7. The number of unbranched alkanes of at least 4 members (excludes halogenated alkanes) is 2. The van der Waals surface area contributed by atoms with Crippen LogP contribution in [0.5, 0.6) is 0 Å². The second-order valence-corrected chi connectivity index (χ2v) is 10.7. The lowest BCUT2D eigenvalue weighted by molar-refractivity contribution is -0.136. The smallest absolute Gasteiger partial charge is 0.478 e. The maximum Gasteiger partial charge on any atom is 0.506 e. The molecule has 0 saturated heterocycles. The number of hydrogen-bond donors (Lipinski definition) is 2. The zero-order valence-corrected chi connectivity index (χ0v) is 23.0. The molecule has 1 saturated carbocycles. The molecule has 202 valence electrons. The van der Waals surface area contributed by atoms with Crippen LogP contribution in [-0.4, -0.2) is 45.3 Å². The normalized spacial score (nSPS) is 14.5. The van der Waals surface area contributed by atoms with E-state index in [-0.39, 0.29) is 18.0 Å². The standard InChI is InChI=1S/C29H32BrNO7/c1-2-3-4-11-24(32)31(18-29(38-28(35)36)14-7-8-15-29)17-19-12-13-23-22(16-19)25(30)26(37-23)20-9-5-6-10-21(20)27(33)34/h5-6,9-10,12-13,16H,2-4,7-8,11,14-15,17-18H2,1H3,(H,33,34)(H,35,36). The Morgan fingerprint density at radius 3 is 2.50 bits per heavy atom. The third-order valence-electron chi connectivity index (χ3n) is 7.11. The highest BCUT2D eigenvalue weighted by molar-refractivity contribution is 9.10. The Kier molecular flexibility index (Phi) is 8.76. The Hall–Kier alpha value is -3.33. The van der Waals surface area contributed by atoms with Crippen LogP contribution in [0, 0.1) is 0 Å². The van der Waals surface area contributed by atoms with Gasteiger partial charge in [0.2, 0.25) is 5.91 Å². The molecule has 0 bridgehead atoms. The van der Waals surface area contributed by atoms with Gasteiger partial charge in [-0.1, -0.05) is 44.0 Å². The van der Waals surface area contributed by atoms with Crippen LogP contribution in [0.4, 0.5) is 4.79 Å². The number of ether oxygens (including phenoxy) is 1. The SMILES string of the molecule is CCCCCC(=O)N(Cc1ccc2oc(-c3ccccc3C(=O)O)c(Br)c2c1)CC1(OC(=O)O)CCCC1. The van der Waals surface area contributed by atoms with Crippen molar-refractivity contribution in [2.75, 3.05) is 6.54 Å². The Balaban J connectivity index is 1.65. The third kappa shape index (κ3) is 6.20. The van der Waals surface area contributed by atoms with E-state index >= 15 is 0 Å². The molecule has 1 aromatic heterocycles. The molecule has 0 radical (unpaired) electrons. The predicted octanol–water partition coefficient (Wildman–Crippen LogP) is 7.48. The first-order chi connectivity index (χ1) is 18.2. The number of benzene rings is 2. The minimum Gasteiger partial charge on any atom is -0.478 e. The van der Waals surface area contributed by atoms with Gasteiger partial charge in [-0.25, -0.2) is 9.59 Å². The average Bonchev–Trinajstić information content (AvgIpc) is 3.47. The van der Waals surface area contributed by atoms with E-state index in [2.05, 4.69) is 22.9 Å².